The predicted octanol–water partition coefficient (Wildman–Crippen LogP) is 10.0. The topological polar surface area (TPSA) is 50.7 Å². The van der Waals surface area contributed by atoms with Crippen LogP contribution in [0, 0.1) is 17.2 Å². The number of nitrogens with one attached hydrogen (secondary N) is 1. The average molecular weight is 654 g/mol. The molecule has 41 heavy (non-hydrogen) atoms. The van der Waals surface area contributed by atoms with E-state index in [-0.39, 0.29) is 17.1 Å². The van der Waals surface area contributed by atoms with Crippen LogP contribution in [0.2, 0.25) is 5.02 Å². The molecular weight excluding hydrogens is 623 g/mol. The van der Waals surface area contributed by atoms with Gasteiger partial charge in [0.2, 0.25) is 0 Å². The summed E-state index contributed by atoms with van der Waals surface area (Å²) in [5.74, 6) is 0.798. The van der Waals surface area contributed by atoms with E-state index in [1.807, 2.05) is 18.2 Å². The van der Waals surface area contributed by atoms with Crippen LogP contribution in [0.1, 0.15) is 59.1 Å². The number of aliphatic imine (C=N–C) groups is 1. The van der Waals surface area contributed by atoms with Crippen LogP contribution in [0.15, 0.2) is 76.2 Å². The molecule has 4 aromatic rings. The van der Waals surface area contributed by atoms with Crippen LogP contribution in [0.25, 0.3) is 0 Å². The molecule has 1 amide bonds. The van der Waals surface area contributed by atoms with E-state index in [4.69, 9.17) is 21.3 Å². The summed E-state index contributed by atoms with van der Waals surface area (Å²) in [6.45, 7) is 7.19. The Hall–Kier alpha value is -3.00. The Morgan fingerprint density at radius 2 is 1.88 bits per heavy atom. The van der Waals surface area contributed by atoms with Crippen molar-refractivity contribution in [1.29, 1.82) is 0 Å². The maximum absolute atomic E-state index is 13.6. The number of benzene rings is 3. The first-order valence-electron chi connectivity index (χ1n) is 13.5. The van der Waals surface area contributed by atoms with Gasteiger partial charge in [0.25, 0.3) is 5.91 Å². The molecule has 1 atom stereocenters. The third kappa shape index (κ3) is 7.26. The largest absolute Gasteiger partial charge is 0.488 e. The Morgan fingerprint density at radius 3 is 2.56 bits per heavy atom. The van der Waals surface area contributed by atoms with Gasteiger partial charge in [-0.25, -0.2) is 9.38 Å². The monoisotopic (exact) mass is 652 g/mol. The maximum Gasteiger partial charge on any atom is 0.259 e. The van der Waals surface area contributed by atoms with Gasteiger partial charge in [0, 0.05) is 21.8 Å². The van der Waals surface area contributed by atoms with Crippen molar-refractivity contribution < 1.29 is 13.9 Å². The second-order valence-electron chi connectivity index (χ2n) is 11.3. The first-order valence-corrected chi connectivity index (χ1v) is 15.5. The number of nitrogens with zero attached hydrogens (tertiary/aromatic N) is 1. The van der Waals surface area contributed by atoms with Gasteiger partial charge in [0.1, 0.15) is 23.2 Å². The fourth-order valence-corrected chi connectivity index (χ4v) is 6.86. The minimum atomic E-state index is -0.273. The molecule has 0 spiro atoms. The van der Waals surface area contributed by atoms with E-state index in [1.165, 1.54) is 17.0 Å². The maximum atomic E-state index is 13.6. The minimum Gasteiger partial charge on any atom is -0.488 e. The number of rotatable bonds is 7. The molecule has 3 aromatic carbocycles. The van der Waals surface area contributed by atoms with E-state index in [9.17, 15) is 9.18 Å². The molecular formula is C33H31BrClFN2O2S. The molecule has 1 aromatic heterocycles. The van der Waals surface area contributed by atoms with Crippen LogP contribution in [-0.4, -0.2) is 12.1 Å². The van der Waals surface area contributed by atoms with Gasteiger partial charge in [-0.15, -0.1) is 11.3 Å². The summed E-state index contributed by atoms with van der Waals surface area (Å²) in [6.07, 6.45) is 4.64. The van der Waals surface area contributed by atoms with Crippen LogP contribution in [-0.2, 0) is 19.4 Å². The average Bonchev–Trinajstić information content (AvgIpc) is 3.31. The van der Waals surface area contributed by atoms with Crippen LogP contribution < -0.4 is 10.1 Å². The number of fused-ring (bicyclic) bond motifs is 1. The lowest BCUT2D eigenvalue weighted by molar-refractivity contribution is 0.102. The van der Waals surface area contributed by atoms with Crippen molar-refractivity contribution in [3.05, 3.63) is 109 Å². The lowest BCUT2D eigenvalue weighted by atomic mass is 9.72. The fraction of sp³-hybridized carbons (Fsp3) is 0.273. The lowest BCUT2D eigenvalue weighted by Gasteiger charge is -2.33. The summed E-state index contributed by atoms with van der Waals surface area (Å²) in [5, 5.41) is 4.37. The molecule has 8 heteroatoms. The number of ether oxygens (including phenoxy) is 1. The van der Waals surface area contributed by atoms with E-state index < -0.39 is 0 Å². The Kier molecular flexibility index (Phi) is 8.97. The molecule has 0 unspecified atom stereocenters. The van der Waals surface area contributed by atoms with Crippen LogP contribution >= 0.6 is 38.9 Å². The zero-order valence-corrected chi connectivity index (χ0v) is 26.3. The van der Waals surface area contributed by atoms with Gasteiger partial charge in [-0.2, -0.15) is 0 Å². The first-order chi connectivity index (χ1) is 19.6. The van der Waals surface area contributed by atoms with E-state index in [0.717, 1.165) is 40.4 Å². The Morgan fingerprint density at radius 1 is 1.15 bits per heavy atom. The molecule has 1 heterocycles. The Labute approximate surface area is 257 Å². The molecule has 0 saturated carbocycles. The number of halogens is 3. The van der Waals surface area contributed by atoms with Crippen molar-refractivity contribution in [2.45, 2.75) is 46.6 Å². The van der Waals surface area contributed by atoms with E-state index in [2.05, 4.69) is 42.0 Å². The summed E-state index contributed by atoms with van der Waals surface area (Å²) >= 11 is 11.2. The molecule has 0 fully saturated rings. The SMILES string of the molecule is CC(C)(C)[C@H]1CCc2c(sc(N=Cc3ccc(OCc4ccc(F)cc4)c(Br)c3)c2C(=O)Nc2ccc(Cl)cc2)C1. The zero-order valence-electron chi connectivity index (χ0n) is 23.1. The zero-order chi connectivity index (χ0) is 29.1. The lowest BCUT2D eigenvalue weighted by Crippen LogP contribution is -2.27. The summed E-state index contributed by atoms with van der Waals surface area (Å²) in [6, 6.07) is 19.1. The van der Waals surface area contributed by atoms with Gasteiger partial charge in [-0.1, -0.05) is 44.5 Å². The smallest absolute Gasteiger partial charge is 0.259 e. The molecule has 0 saturated heterocycles. The van der Waals surface area contributed by atoms with Crippen LogP contribution in [0.4, 0.5) is 15.1 Å². The number of amides is 1. The molecule has 212 valence electrons. The van der Waals surface area contributed by atoms with Crippen LogP contribution in [0.5, 0.6) is 5.75 Å². The summed E-state index contributed by atoms with van der Waals surface area (Å²) in [7, 11) is 0. The van der Waals surface area contributed by atoms with Gasteiger partial charge in [0.15, 0.2) is 0 Å². The van der Waals surface area contributed by atoms with E-state index >= 15 is 0 Å². The molecule has 0 bridgehead atoms. The quantitative estimate of drug-likeness (QED) is 0.202. The van der Waals surface area contributed by atoms with Crippen molar-refractivity contribution in [2.75, 3.05) is 5.32 Å². The number of carbonyl (C=O) groups excluding carboxylic acids is 1. The van der Waals surface area contributed by atoms with Gasteiger partial charge < -0.3 is 10.1 Å². The minimum absolute atomic E-state index is 0.156. The summed E-state index contributed by atoms with van der Waals surface area (Å²) in [5.41, 5.74) is 4.40. The number of anilines is 1. The molecule has 1 aliphatic carbocycles. The van der Waals surface area contributed by atoms with Gasteiger partial charge in [-0.05, 0) is 118 Å². The van der Waals surface area contributed by atoms with Crippen molar-refractivity contribution in [3.8, 4) is 5.75 Å². The highest BCUT2D eigenvalue weighted by Crippen LogP contribution is 2.45. The third-order valence-electron chi connectivity index (χ3n) is 7.40. The number of hydrogen-bond donors (Lipinski definition) is 1. The fourth-order valence-electron chi connectivity index (χ4n) is 4.95. The van der Waals surface area contributed by atoms with Gasteiger partial charge in [-0.3, -0.25) is 4.79 Å². The first kappa shape index (κ1) is 29.5. The summed E-state index contributed by atoms with van der Waals surface area (Å²) in [4.78, 5) is 19.7. The third-order valence-corrected chi connectivity index (χ3v) is 9.43. The summed E-state index contributed by atoms with van der Waals surface area (Å²) < 4.78 is 19.9. The second kappa shape index (κ2) is 12.5. The Bertz CT molecular complexity index is 1580. The molecule has 0 radical (unpaired) electrons. The van der Waals surface area contributed by atoms with E-state index in [1.54, 1.807) is 53.9 Å². The number of thiophene rings is 1. The highest BCUT2D eigenvalue weighted by atomic mass is 79.9. The molecule has 5 rings (SSSR count). The molecule has 1 N–H and O–H groups in total. The number of carbonyl (C=O) groups is 1. The van der Waals surface area contributed by atoms with Crippen LogP contribution in [0.3, 0.4) is 0 Å². The second-order valence-corrected chi connectivity index (χ2v) is 13.7. The van der Waals surface area contributed by atoms with Gasteiger partial charge in [0.05, 0.1) is 10.0 Å². The molecule has 1 aliphatic rings. The molecule has 0 aliphatic heterocycles. The highest BCUT2D eigenvalue weighted by Gasteiger charge is 2.33. The van der Waals surface area contributed by atoms with Gasteiger partial charge >= 0.3 is 0 Å². The van der Waals surface area contributed by atoms with Crippen molar-refractivity contribution >= 4 is 61.7 Å². The Balaban J connectivity index is 1.39. The van der Waals surface area contributed by atoms with Crippen molar-refractivity contribution in [3.63, 3.8) is 0 Å². The van der Waals surface area contributed by atoms with E-state index in [0.29, 0.717) is 39.5 Å². The predicted molar refractivity (Wildman–Crippen MR) is 171 cm³/mol. The van der Waals surface area contributed by atoms with Crippen molar-refractivity contribution in [2.24, 2.45) is 16.3 Å². The standard InChI is InChI=1S/C33H31BrClFN2O2S/c1-33(2,3)22-7-14-26-29(17-22)41-32(30(26)31(39)38-25-12-8-23(35)9-13-25)37-18-21-6-15-28(27(34)16-21)40-19-20-4-10-24(36)11-5-20/h4-6,8-13,15-16,18,22H,7,14,17,19H2,1-3H3,(H,38,39)/t22-/m0/s1. The molecule has 4 nitrogen and oxygen atoms in total. The number of hydrogen-bond acceptors (Lipinski definition) is 4. The van der Waals surface area contributed by atoms with Crippen molar-refractivity contribution in [1.82, 2.24) is 0 Å². The highest BCUT2D eigenvalue weighted by molar-refractivity contribution is 9.10. The normalized spacial score (nSPS) is 15.1.